The second-order valence-electron chi connectivity index (χ2n) is 6.07. The number of fused-ring (bicyclic) bond motifs is 1. The summed E-state index contributed by atoms with van der Waals surface area (Å²) in [4.78, 5) is 13.3. The third-order valence-corrected chi connectivity index (χ3v) is 4.98. The largest absolute Gasteiger partial charge is 0.463 e. The summed E-state index contributed by atoms with van der Waals surface area (Å²) in [6.07, 6.45) is 4.15. The van der Waals surface area contributed by atoms with Crippen molar-refractivity contribution in [2.45, 2.75) is 24.2 Å². The third kappa shape index (κ3) is 4.05. The molecule has 0 aromatic heterocycles. The maximum Gasteiger partial charge on any atom is 0.330 e. The minimum Gasteiger partial charge on any atom is -0.463 e. The SMILES string of the molecule is CCOC(=O)/C=C/c1ccccc1N1CCc2ccccc2C1C(Cl)Cl. The molecule has 0 radical (unpaired) electrons. The first-order valence-electron chi connectivity index (χ1n) is 8.68. The van der Waals surface area contributed by atoms with Crippen LogP contribution >= 0.6 is 23.2 Å². The molecular formula is C21H21Cl2NO2. The molecule has 1 heterocycles. The number of nitrogens with zero attached hydrogens (tertiary/aromatic N) is 1. The molecule has 3 nitrogen and oxygen atoms in total. The monoisotopic (exact) mass is 389 g/mol. The summed E-state index contributed by atoms with van der Waals surface area (Å²) >= 11 is 12.8. The number of carbonyl (C=O) groups excluding carboxylic acids is 1. The predicted octanol–water partition coefficient (Wildman–Crippen LogP) is 5.17. The Morgan fingerprint density at radius 2 is 1.96 bits per heavy atom. The van der Waals surface area contributed by atoms with Crippen LogP contribution in [0.15, 0.2) is 54.6 Å². The van der Waals surface area contributed by atoms with E-state index in [0.717, 1.165) is 29.8 Å². The molecule has 0 spiro atoms. The molecule has 5 heteroatoms. The van der Waals surface area contributed by atoms with Gasteiger partial charge in [-0.2, -0.15) is 0 Å². The van der Waals surface area contributed by atoms with Gasteiger partial charge in [-0.15, -0.1) is 23.2 Å². The van der Waals surface area contributed by atoms with Crippen LogP contribution in [0.2, 0.25) is 0 Å². The normalized spacial score (nSPS) is 16.8. The van der Waals surface area contributed by atoms with Gasteiger partial charge in [0.15, 0.2) is 0 Å². The average Bonchev–Trinajstić information content (AvgIpc) is 2.65. The summed E-state index contributed by atoms with van der Waals surface area (Å²) in [6, 6.07) is 16.1. The van der Waals surface area contributed by atoms with Gasteiger partial charge >= 0.3 is 5.97 Å². The van der Waals surface area contributed by atoms with Crippen LogP contribution in [0, 0.1) is 0 Å². The van der Waals surface area contributed by atoms with Crippen molar-refractivity contribution in [3.8, 4) is 0 Å². The first-order chi connectivity index (χ1) is 12.6. The highest BCUT2D eigenvalue weighted by molar-refractivity contribution is 6.45. The highest BCUT2D eigenvalue weighted by atomic mass is 35.5. The maximum absolute atomic E-state index is 11.7. The lowest BCUT2D eigenvalue weighted by Crippen LogP contribution is -2.39. The van der Waals surface area contributed by atoms with E-state index in [1.54, 1.807) is 13.0 Å². The quantitative estimate of drug-likeness (QED) is 0.401. The number of hydrogen-bond donors (Lipinski definition) is 0. The number of alkyl halides is 2. The van der Waals surface area contributed by atoms with Crippen LogP contribution in [0.3, 0.4) is 0 Å². The molecule has 0 amide bonds. The smallest absolute Gasteiger partial charge is 0.330 e. The van der Waals surface area contributed by atoms with Crippen LogP contribution in [0.1, 0.15) is 29.7 Å². The molecule has 0 bridgehead atoms. The molecule has 0 saturated heterocycles. The molecule has 1 atom stereocenters. The number of rotatable bonds is 5. The molecule has 1 unspecified atom stereocenters. The van der Waals surface area contributed by atoms with Gasteiger partial charge in [0.1, 0.15) is 4.84 Å². The lowest BCUT2D eigenvalue weighted by molar-refractivity contribution is -0.137. The fraction of sp³-hybridized carbons (Fsp3) is 0.286. The Hall–Kier alpha value is -1.97. The first kappa shape index (κ1) is 18.8. The summed E-state index contributed by atoms with van der Waals surface area (Å²) in [5.74, 6) is -0.351. The number of anilines is 1. The van der Waals surface area contributed by atoms with Crippen LogP contribution in [0.5, 0.6) is 0 Å². The minimum atomic E-state index is -0.571. The highest BCUT2D eigenvalue weighted by Crippen LogP contribution is 2.40. The number of ether oxygens (including phenoxy) is 1. The van der Waals surface area contributed by atoms with Crippen molar-refractivity contribution in [1.82, 2.24) is 0 Å². The molecule has 26 heavy (non-hydrogen) atoms. The van der Waals surface area contributed by atoms with E-state index in [2.05, 4.69) is 17.0 Å². The van der Waals surface area contributed by atoms with Gasteiger partial charge < -0.3 is 9.64 Å². The van der Waals surface area contributed by atoms with Gasteiger partial charge in [0.25, 0.3) is 0 Å². The summed E-state index contributed by atoms with van der Waals surface area (Å²) < 4.78 is 4.97. The minimum absolute atomic E-state index is 0.138. The molecule has 1 aliphatic heterocycles. The average molecular weight is 390 g/mol. The number of benzene rings is 2. The van der Waals surface area contributed by atoms with E-state index in [-0.39, 0.29) is 12.0 Å². The fourth-order valence-electron chi connectivity index (χ4n) is 3.38. The van der Waals surface area contributed by atoms with Crippen molar-refractivity contribution in [2.24, 2.45) is 0 Å². The number of para-hydroxylation sites is 1. The van der Waals surface area contributed by atoms with E-state index in [9.17, 15) is 4.79 Å². The van der Waals surface area contributed by atoms with Crippen LogP contribution in [0.25, 0.3) is 6.08 Å². The lowest BCUT2D eigenvalue weighted by Gasteiger charge is -2.40. The van der Waals surface area contributed by atoms with Gasteiger partial charge in [-0.25, -0.2) is 4.79 Å². The number of hydrogen-bond acceptors (Lipinski definition) is 3. The predicted molar refractivity (Wildman–Crippen MR) is 108 cm³/mol. The van der Waals surface area contributed by atoms with Crippen molar-refractivity contribution < 1.29 is 9.53 Å². The standard InChI is InChI=1S/C21H21Cl2NO2/c1-2-26-19(25)12-11-16-8-4-6-10-18(16)24-14-13-15-7-3-5-9-17(15)20(24)21(22)23/h3-12,20-21H,2,13-14H2,1H3/b12-11+. The lowest BCUT2D eigenvalue weighted by atomic mass is 9.92. The molecule has 2 aromatic carbocycles. The second-order valence-corrected chi connectivity index (χ2v) is 7.23. The third-order valence-electron chi connectivity index (χ3n) is 4.50. The highest BCUT2D eigenvalue weighted by Gasteiger charge is 2.32. The summed E-state index contributed by atoms with van der Waals surface area (Å²) in [5, 5.41) is 0. The van der Waals surface area contributed by atoms with Crippen molar-refractivity contribution in [3.63, 3.8) is 0 Å². The molecule has 0 saturated carbocycles. The van der Waals surface area contributed by atoms with E-state index in [1.807, 2.05) is 36.4 Å². The Bertz CT molecular complexity index is 804. The van der Waals surface area contributed by atoms with Crippen molar-refractivity contribution >= 4 is 40.9 Å². The van der Waals surface area contributed by atoms with E-state index >= 15 is 0 Å². The van der Waals surface area contributed by atoms with Crippen LogP contribution in [0.4, 0.5) is 5.69 Å². The Balaban J connectivity index is 1.97. The molecule has 2 aromatic rings. The van der Waals surface area contributed by atoms with E-state index < -0.39 is 4.84 Å². The summed E-state index contributed by atoms with van der Waals surface area (Å²) in [7, 11) is 0. The van der Waals surface area contributed by atoms with Gasteiger partial charge in [-0.05, 0) is 42.2 Å². The Morgan fingerprint density at radius 3 is 2.73 bits per heavy atom. The van der Waals surface area contributed by atoms with Crippen LogP contribution < -0.4 is 4.90 Å². The van der Waals surface area contributed by atoms with Gasteiger partial charge in [0.05, 0.1) is 12.6 Å². The Kier molecular flexibility index (Phi) is 6.23. The van der Waals surface area contributed by atoms with Crippen molar-refractivity contribution in [2.75, 3.05) is 18.1 Å². The van der Waals surface area contributed by atoms with Gasteiger partial charge in [-0.1, -0.05) is 42.5 Å². The van der Waals surface area contributed by atoms with Crippen LogP contribution in [-0.4, -0.2) is 24.0 Å². The molecule has 0 N–H and O–H groups in total. The molecule has 3 rings (SSSR count). The van der Waals surface area contributed by atoms with Crippen molar-refractivity contribution in [1.29, 1.82) is 0 Å². The molecule has 0 aliphatic carbocycles. The van der Waals surface area contributed by atoms with Gasteiger partial charge in [-0.3, -0.25) is 0 Å². The van der Waals surface area contributed by atoms with E-state index in [0.29, 0.717) is 6.61 Å². The number of halogens is 2. The van der Waals surface area contributed by atoms with Gasteiger partial charge in [0, 0.05) is 18.3 Å². The zero-order valence-corrected chi connectivity index (χ0v) is 16.1. The molecule has 136 valence electrons. The number of carbonyl (C=O) groups is 1. The molecule has 0 fully saturated rings. The first-order valence-corrected chi connectivity index (χ1v) is 9.55. The Morgan fingerprint density at radius 1 is 1.23 bits per heavy atom. The zero-order valence-electron chi connectivity index (χ0n) is 14.6. The Labute approximate surface area is 164 Å². The molecule has 1 aliphatic rings. The summed E-state index contributed by atoms with van der Waals surface area (Å²) in [5.41, 5.74) is 4.36. The maximum atomic E-state index is 11.7. The number of esters is 1. The van der Waals surface area contributed by atoms with Gasteiger partial charge in [0.2, 0.25) is 0 Å². The summed E-state index contributed by atoms with van der Waals surface area (Å²) in [6.45, 7) is 2.95. The topological polar surface area (TPSA) is 29.5 Å². The van der Waals surface area contributed by atoms with Crippen LogP contribution in [-0.2, 0) is 16.0 Å². The van der Waals surface area contributed by atoms with Crippen molar-refractivity contribution in [3.05, 3.63) is 71.3 Å². The van der Waals surface area contributed by atoms with E-state index in [4.69, 9.17) is 27.9 Å². The zero-order chi connectivity index (χ0) is 18.5. The molecular weight excluding hydrogens is 369 g/mol. The fourth-order valence-corrected chi connectivity index (χ4v) is 3.92. The second kappa shape index (κ2) is 8.61. The van der Waals surface area contributed by atoms with E-state index in [1.165, 1.54) is 11.6 Å².